The monoisotopic (exact) mass is 635 g/mol. The second-order valence-corrected chi connectivity index (χ2v) is 13.3. The molecule has 8 rings (SSSR count). The van der Waals surface area contributed by atoms with Gasteiger partial charge in [-0.05, 0) is 68.7 Å². The summed E-state index contributed by atoms with van der Waals surface area (Å²) >= 11 is 0. The van der Waals surface area contributed by atoms with Crippen LogP contribution in [0.4, 0.5) is 22.0 Å². The lowest BCUT2D eigenvalue weighted by molar-refractivity contribution is -0.125. The van der Waals surface area contributed by atoms with E-state index in [4.69, 9.17) is 9.97 Å². The van der Waals surface area contributed by atoms with Crippen molar-refractivity contribution < 1.29 is 19.5 Å². The van der Waals surface area contributed by atoms with Gasteiger partial charge < -0.3 is 19.7 Å². The number of rotatable bonds is 11. The number of imidazole rings is 1. The maximum absolute atomic E-state index is 13.2. The van der Waals surface area contributed by atoms with Crippen molar-refractivity contribution in [2.24, 2.45) is 5.92 Å². The summed E-state index contributed by atoms with van der Waals surface area (Å²) in [6, 6.07) is 7.39. The molecule has 5 heterocycles. The molecular formula is C34H37N9O4. The van der Waals surface area contributed by atoms with Crippen molar-refractivity contribution in [3.05, 3.63) is 71.3 Å². The summed E-state index contributed by atoms with van der Waals surface area (Å²) in [5.41, 5.74) is 5.88. The van der Waals surface area contributed by atoms with Gasteiger partial charge in [0.05, 0.1) is 31.1 Å². The summed E-state index contributed by atoms with van der Waals surface area (Å²) in [5, 5.41) is 12.4. The zero-order chi connectivity index (χ0) is 32.4. The fraction of sp³-hybridized carbons (Fsp3) is 0.441. The molecule has 0 spiro atoms. The van der Waals surface area contributed by atoms with Crippen LogP contribution in [-0.4, -0.2) is 78.9 Å². The minimum Gasteiger partial charge on any atom is -0.395 e. The van der Waals surface area contributed by atoms with Crippen molar-refractivity contribution in [2.75, 3.05) is 41.9 Å². The van der Waals surface area contributed by atoms with E-state index in [1.54, 1.807) is 6.20 Å². The molecule has 2 N–H and O–H groups in total. The first-order chi connectivity index (χ1) is 22.7. The number of amides is 4. The Kier molecular flexibility index (Phi) is 7.16. The molecule has 2 atom stereocenters. The number of carbonyl (C=O) groups is 3. The Bertz CT molecular complexity index is 1920. The van der Waals surface area contributed by atoms with Gasteiger partial charge in [0.25, 0.3) is 5.91 Å². The molecule has 242 valence electrons. The van der Waals surface area contributed by atoms with Gasteiger partial charge >= 0.3 is 6.03 Å². The van der Waals surface area contributed by atoms with Gasteiger partial charge in [-0.2, -0.15) is 0 Å². The maximum atomic E-state index is 13.2. The van der Waals surface area contributed by atoms with Crippen LogP contribution < -0.4 is 15.1 Å². The molecule has 4 fully saturated rings. The van der Waals surface area contributed by atoms with E-state index in [2.05, 4.69) is 32.4 Å². The summed E-state index contributed by atoms with van der Waals surface area (Å²) in [5.74, 6) is 1.51. The van der Waals surface area contributed by atoms with Crippen molar-refractivity contribution in [2.45, 2.75) is 63.3 Å². The summed E-state index contributed by atoms with van der Waals surface area (Å²) in [4.78, 5) is 62.3. The zero-order valence-electron chi connectivity index (χ0n) is 26.5. The van der Waals surface area contributed by atoms with E-state index in [0.717, 1.165) is 65.3 Å². The number of pyridine rings is 2. The quantitative estimate of drug-likeness (QED) is 0.235. The van der Waals surface area contributed by atoms with Gasteiger partial charge in [0.1, 0.15) is 18.2 Å². The minimum absolute atomic E-state index is 0.0238. The number of aliphatic hydroxyl groups excluding tert-OH is 1. The molecule has 4 amide bonds. The highest BCUT2D eigenvalue weighted by Crippen LogP contribution is 2.47. The molecule has 47 heavy (non-hydrogen) atoms. The van der Waals surface area contributed by atoms with E-state index in [-0.39, 0.29) is 43.3 Å². The third-order valence-electron chi connectivity index (χ3n) is 9.51. The highest BCUT2D eigenvalue weighted by atomic mass is 16.3. The molecule has 0 radical (unpaired) electrons. The van der Waals surface area contributed by atoms with E-state index >= 15 is 0 Å². The highest BCUT2D eigenvalue weighted by molar-refractivity contribution is 6.13. The fourth-order valence-electron chi connectivity index (χ4n) is 6.50. The predicted octanol–water partition coefficient (Wildman–Crippen LogP) is 3.72. The zero-order valence-corrected chi connectivity index (χ0v) is 26.5. The number of nitrogens with one attached hydrogen (secondary N) is 1. The van der Waals surface area contributed by atoms with E-state index in [1.165, 1.54) is 4.90 Å². The van der Waals surface area contributed by atoms with Gasteiger partial charge in [0, 0.05) is 66.5 Å². The molecular weight excluding hydrogens is 598 g/mol. The largest absolute Gasteiger partial charge is 0.395 e. The lowest BCUT2D eigenvalue weighted by Gasteiger charge is -2.20. The Hall–Kier alpha value is -4.91. The Morgan fingerprint density at radius 2 is 1.87 bits per heavy atom. The van der Waals surface area contributed by atoms with Crippen LogP contribution >= 0.6 is 0 Å². The molecule has 13 heteroatoms. The van der Waals surface area contributed by atoms with Gasteiger partial charge in [0.2, 0.25) is 5.91 Å². The molecule has 4 aromatic rings. The average Bonchev–Trinajstić information content (AvgIpc) is 3.94. The van der Waals surface area contributed by atoms with Crippen LogP contribution in [-0.2, 0) is 16.1 Å². The van der Waals surface area contributed by atoms with Crippen LogP contribution in [0.2, 0.25) is 0 Å². The van der Waals surface area contributed by atoms with Gasteiger partial charge in [-0.25, -0.2) is 24.7 Å². The minimum atomic E-state index is -0.441. The van der Waals surface area contributed by atoms with Gasteiger partial charge in [-0.1, -0.05) is 0 Å². The molecule has 4 aromatic heterocycles. The van der Waals surface area contributed by atoms with Crippen LogP contribution in [0.5, 0.6) is 0 Å². The third-order valence-corrected chi connectivity index (χ3v) is 9.51. The lowest BCUT2D eigenvalue weighted by atomic mass is 10.1. The topological polar surface area (TPSA) is 149 Å². The number of carbonyl (C=O) groups excluding carboxylic acids is 3. The Morgan fingerprint density at radius 1 is 1.06 bits per heavy atom. The number of aryl methyl sites for hydroxylation is 1. The SMILES string of the molecule is Cc1ccnc([C@H]2C[C@@H]2C(=O)Nc2cc(N(C)Cc3cn4cc(C5CC5)cc(N5CC(=O)N(CCO)C5=O)c4n3)cc(C3CC3)n2)n1. The normalized spacial score (nSPS) is 20.7. The molecule has 0 aromatic carbocycles. The maximum Gasteiger partial charge on any atom is 0.331 e. The molecule has 4 aliphatic rings. The Morgan fingerprint density at radius 3 is 2.62 bits per heavy atom. The summed E-state index contributed by atoms with van der Waals surface area (Å²) in [6.07, 6.45) is 10.8. The Labute approximate surface area is 271 Å². The lowest BCUT2D eigenvalue weighted by Crippen LogP contribution is -2.35. The molecule has 13 nitrogen and oxygen atoms in total. The number of nitrogens with zero attached hydrogens (tertiary/aromatic N) is 8. The van der Waals surface area contributed by atoms with Crippen molar-refractivity contribution >= 4 is 40.7 Å². The summed E-state index contributed by atoms with van der Waals surface area (Å²) < 4.78 is 1.95. The van der Waals surface area contributed by atoms with Crippen LogP contribution in [0.3, 0.4) is 0 Å². The average molecular weight is 636 g/mol. The van der Waals surface area contributed by atoms with E-state index in [1.807, 2.05) is 42.8 Å². The van der Waals surface area contributed by atoms with Crippen LogP contribution in [0.1, 0.15) is 78.3 Å². The van der Waals surface area contributed by atoms with Gasteiger partial charge in [-0.15, -0.1) is 0 Å². The van der Waals surface area contributed by atoms with Crippen molar-refractivity contribution in [1.29, 1.82) is 0 Å². The van der Waals surface area contributed by atoms with Crippen LogP contribution in [0.15, 0.2) is 42.9 Å². The number of anilines is 3. The number of imide groups is 1. The number of hydrogen-bond acceptors (Lipinski definition) is 9. The summed E-state index contributed by atoms with van der Waals surface area (Å²) in [6.45, 7) is 2.00. The first kappa shape index (κ1) is 29.5. The number of hydrogen-bond donors (Lipinski definition) is 2. The van der Waals surface area contributed by atoms with E-state index in [9.17, 15) is 19.5 Å². The molecule has 3 aliphatic carbocycles. The van der Waals surface area contributed by atoms with Crippen molar-refractivity contribution in [3.8, 4) is 0 Å². The Balaban J connectivity index is 1.04. The highest BCUT2D eigenvalue weighted by Gasteiger charge is 2.46. The van der Waals surface area contributed by atoms with E-state index < -0.39 is 6.03 Å². The number of aliphatic hydroxyl groups is 1. The third kappa shape index (κ3) is 5.79. The molecule has 1 aliphatic heterocycles. The first-order valence-electron chi connectivity index (χ1n) is 16.3. The van der Waals surface area contributed by atoms with Gasteiger partial charge in [0.15, 0.2) is 5.65 Å². The van der Waals surface area contributed by atoms with Crippen molar-refractivity contribution in [3.63, 3.8) is 0 Å². The standard InChI is InChI=1S/C34H37N9O4/c1-19-7-8-35-31(36-19)25-14-26(25)33(46)39-29-13-24(12-27(38-29)21-5-6-21)40(2)16-23-17-41-15-22(20-3-4-20)11-28(32(41)37-23)43-18-30(45)42(9-10-44)34(43)47/h7-8,11-13,15,17,20-21,25-26,44H,3-6,9-10,14,16,18H2,1-2H3,(H,38,39,46)/t25-,26-/m0/s1. The van der Waals surface area contributed by atoms with Crippen LogP contribution in [0, 0.1) is 12.8 Å². The number of β-amino-alcohol motifs (C(OH)–C–C–N with tert-alkyl or cyclic N) is 1. The number of fused-ring (bicyclic) bond motifs is 1. The molecule has 3 saturated carbocycles. The molecule has 1 saturated heterocycles. The molecule has 0 bridgehead atoms. The summed E-state index contributed by atoms with van der Waals surface area (Å²) in [7, 11) is 1.99. The van der Waals surface area contributed by atoms with Crippen LogP contribution in [0.25, 0.3) is 5.65 Å². The van der Waals surface area contributed by atoms with Crippen molar-refractivity contribution in [1.82, 2.24) is 29.2 Å². The fourth-order valence-corrected chi connectivity index (χ4v) is 6.50. The number of urea groups is 1. The second-order valence-electron chi connectivity index (χ2n) is 13.3. The second kappa shape index (κ2) is 11.4. The predicted molar refractivity (Wildman–Crippen MR) is 173 cm³/mol. The van der Waals surface area contributed by atoms with Gasteiger partial charge in [-0.3, -0.25) is 19.4 Å². The number of aromatic nitrogens is 5. The molecule has 0 unspecified atom stereocenters. The van der Waals surface area contributed by atoms with E-state index in [0.29, 0.717) is 41.4 Å². The first-order valence-corrected chi connectivity index (χ1v) is 16.3. The smallest absolute Gasteiger partial charge is 0.331 e.